The van der Waals surface area contributed by atoms with Gasteiger partial charge in [0.15, 0.2) is 5.65 Å². The van der Waals surface area contributed by atoms with E-state index in [1.807, 2.05) is 29.6 Å². The molecule has 0 radical (unpaired) electrons. The van der Waals surface area contributed by atoms with Crippen LogP contribution in [0.4, 0.5) is 5.95 Å². The summed E-state index contributed by atoms with van der Waals surface area (Å²) >= 11 is 0. The third-order valence-electron chi connectivity index (χ3n) is 2.87. The van der Waals surface area contributed by atoms with Crippen LogP contribution in [0, 0.1) is 6.92 Å². The third kappa shape index (κ3) is 2.74. The average molecular weight is 233 g/mol. The number of nitrogens with one attached hydrogen (secondary N) is 1. The highest BCUT2D eigenvalue weighted by Gasteiger charge is 2.04. The first-order chi connectivity index (χ1) is 8.20. The van der Waals surface area contributed by atoms with E-state index >= 15 is 0 Å². The molecule has 2 rings (SSSR count). The third-order valence-corrected chi connectivity index (χ3v) is 2.87. The number of aromatic nitrogens is 3. The first-order valence-electron chi connectivity index (χ1n) is 5.95. The van der Waals surface area contributed by atoms with Gasteiger partial charge in [0.05, 0.1) is 0 Å². The molecule has 0 unspecified atom stereocenters. The zero-order chi connectivity index (χ0) is 12.3. The van der Waals surface area contributed by atoms with Crippen LogP contribution in [0.1, 0.15) is 12.6 Å². The van der Waals surface area contributed by atoms with Crippen molar-refractivity contribution in [2.45, 2.75) is 13.8 Å². The van der Waals surface area contributed by atoms with Gasteiger partial charge in [0.1, 0.15) is 0 Å². The lowest BCUT2D eigenvalue weighted by Crippen LogP contribution is -2.24. The molecule has 0 aromatic carbocycles. The Balaban J connectivity index is 2.02. The Bertz CT molecular complexity index is 491. The van der Waals surface area contributed by atoms with Gasteiger partial charge in [-0.1, -0.05) is 13.0 Å². The van der Waals surface area contributed by atoms with Crippen molar-refractivity contribution < 1.29 is 0 Å². The largest absolute Gasteiger partial charge is 0.352 e. The van der Waals surface area contributed by atoms with E-state index in [0.717, 1.165) is 31.0 Å². The molecule has 0 aliphatic heterocycles. The number of nitrogens with zero attached hydrogens (tertiary/aromatic N) is 4. The van der Waals surface area contributed by atoms with Gasteiger partial charge in [0, 0.05) is 18.8 Å². The number of anilines is 1. The van der Waals surface area contributed by atoms with Gasteiger partial charge in [0.2, 0.25) is 5.95 Å². The first kappa shape index (κ1) is 11.9. The zero-order valence-electron chi connectivity index (χ0n) is 10.6. The second-order valence-corrected chi connectivity index (χ2v) is 4.20. The van der Waals surface area contributed by atoms with Crippen molar-refractivity contribution in [3.05, 3.63) is 23.9 Å². The van der Waals surface area contributed by atoms with Crippen molar-refractivity contribution in [2.75, 3.05) is 32.0 Å². The van der Waals surface area contributed by atoms with Gasteiger partial charge < -0.3 is 10.2 Å². The minimum Gasteiger partial charge on any atom is -0.352 e. The van der Waals surface area contributed by atoms with Crippen LogP contribution in [0.5, 0.6) is 0 Å². The maximum absolute atomic E-state index is 4.42. The number of pyridine rings is 1. The summed E-state index contributed by atoms with van der Waals surface area (Å²) in [5, 5.41) is 7.65. The SMILES string of the molecule is CCN(C)CCNc1nc2cccc(C)n2n1. The van der Waals surface area contributed by atoms with Crippen molar-refractivity contribution in [2.24, 2.45) is 0 Å². The van der Waals surface area contributed by atoms with Crippen molar-refractivity contribution in [1.82, 2.24) is 19.5 Å². The van der Waals surface area contributed by atoms with Crippen molar-refractivity contribution in [3.63, 3.8) is 0 Å². The van der Waals surface area contributed by atoms with E-state index in [4.69, 9.17) is 0 Å². The molecule has 1 N–H and O–H groups in total. The lowest BCUT2D eigenvalue weighted by Gasteiger charge is -2.12. The molecule has 92 valence electrons. The van der Waals surface area contributed by atoms with Crippen LogP contribution in [0.15, 0.2) is 18.2 Å². The Labute approximate surface area is 101 Å². The van der Waals surface area contributed by atoms with Crippen LogP contribution in [-0.2, 0) is 0 Å². The molecule has 0 saturated heterocycles. The minimum absolute atomic E-state index is 0.698. The molecule has 0 aliphatic rings. The molecule has 0 spiro atoms. The van der Waals surface area contributed by atoms with Gasteiger partial charge in [-0.05, 0) is 32.6 Å². The fourth-order valence-electron chi connectivity index (χ4n) is 1.63. The van der Waals surface area contributed by atoms with E-state index in [1.165, 1.54) is 0 Å². The highest BCUT2D eigenvalue weighted by atomic mass is 15.4. The summed E-state index contributed by atoms with van der Waals surface area (Å²) in [5.74, 6) is 0.698. The van der Waals surface area contributed by atoms with Crippen molar-refractivity contribution >= 4 is 11.6 Å². The van der Waals surface area contributed by atoms with Gasteiger partial charge in [0.25, 0.3) is 0 Å². The van der Waals surface area contributed by atoms with Crippen LogP contribution in [0.25, 0.3) is 5.65 Å². The second-order valence-electron chi connectivity index (χ2n) is 4.20. The topological polar surface area (TPSA) is 45.5 Å². The summed E-state index contributed by atoms with van der Waals surface area (Å²) in [5.41, 5.74) is 1.98. The second kappa shape index (κ2) is 5.14. The zero-order valence-corrected chi connectivity index (χ0v) is 10.6. The monoisotopic (exact) mass is 233 g/mol. The Morgan fingerprint density at radius 1 is 1.41 bits per heavy atom. The summed E-state index contributed by atoms with van der Waals surface area (Å²) in [4.78, 5) is 6.66. The van der Waals surface area contributed by atoms with E-state index in [9.17, 15) is 0 Å². The van der Waals surface area contributed by atoms with Gasteiger partial charge in [-0.3, -0.25) is 0 Å². The summed E-state index contributed by atoms with van der Waals surface area (Å²) < 4.78 is 1.85. The highest BCUT2D eigenvalue weighted by Crippen LogP contribution is 2.07. The summed E-state index contributed by atoms with van der Waals surface area (Å²) in [6.07, 6.45) is 0. The molecule has 0 bridgehead atoms. The first-order valence-corrected chi connectivity index (χ1v) is 5.95. The Morgan fingerprint density at radius 3 is 2.94 bits per heavy atom. The Morgan fingerprint density at radius 2 is 2.24 bits per heavy atom. The molecular formula is C12H19N5. The Hall–Kier alpha value is -1.62. The number of fused-ring (bicyclic) bond motifs is 1. The highest BCUT2D eigenvalue weighted by molar-refractivity contribution is 5.44. The molecular weight excluding hydrogens is 214 g/mol. The van der Waals surface area contributed by atoms with E-state index in [2.05, 4.69) is 34.3 Å². The number of aryl methyl sites for hydroxylation is 1. The van der Waals surface area contributed by atoms with Gasteiger partial charge in [-0.25, -0.2) is 4.52 Å². The Kier molecular flexibility index (Phi) is 3.58. The van der Waals surface area contributed by atoms with Crippen LogP contribution in [-0.4, -0.2) is 46.2 Å². The summed E-state index contributed by atoms with van der Waals surface area (Å²) in [6, 6.07) is 5.98. The molecule has 5 nitrogen and oxygen atoms in total. The van der Waals surface area contributed by atoms with Gasteiger partial charge in [-0.2, -0.15) is 4.98 Å². The normalized spacial score (nSPS) is 11.3. The number of hydrogen-bond acceptors (Lipinski definition) is 4. The molecule has 2 aromatic rings. The molecule has 0 aliphatic carbocycles. The maximum atomic E-state index is 4.42. The molecule has 17 heavy (non-hydrogen) atoms. The number of likely N-dealkylation sites (N-methyl/N-ethyl adjacent to an activating group) is 1. The molecule has 2 aromatic heterocycles. The maximum Gasteiger partial charge on any atom is 0.243 e. The lowest BCUT2D eigenvalue weighted by atomic mass is 10.4. The smallest absolute Gasteiger partial charge is 0.243 e. The molecule has 0 amide bonds. The van der Waals surface area contributed by atoms with E-state index in [0.29, 0.717) is 5.95 Å². The van der Waals surface area contributed by atoms with Crippen LogP contribution in [0.3, 0.4) is 0 Å². The fraction of sp³-hybridized carbons (Fsp3) is 0.500. The standard InChI is InChI=1S/C12H19N5/c1-4-16(3)9-8-13-12-14-11-7-5-6-10(2)17(11)15-12/h5-7H,4,8-9H2,1-3H3,(H,13,15). The van der Waals surface area contributed by atoms with E-state index in [1.54, 1.807) is 0 Å². The molecule has 0 saturated carbocycles. The molecule has 2 heterocycles. The fourth-order valence-corrected chi connectivity index (χ4v) is 1.63. The van der Waals surface area contributed by atoms with Crippen molar-refractivity contribution in [3.8, 4) is 0 Å². The summed E-state index contributed by atoms with van der Waals surface area (Å²) in [7, 11) is 2.10. The number of rotatable bonds is 5. The predicted molar refractivity (Wildman–Crippen MR) is 69.4 cm³/mol. The minimum atomic E-state index is 0.698. The molecule has 5 heteroatoms. The van der Waals surface area contributed by atoms with E-state index < -0.39 is 0 Å². The van der Waals surface area contributed by atoms with Crippen LogP contribution >= 0.6 is 0 Å². The number of hydrogen-bond donors (Lipinski definition) is 1. The van der Waals surface area contributed by atoms with Gasteiger partial charge >= 0.3 is 0 Å². The lowest BCUT2D eigenvalue weighted by molar-refractivity contribution is 0.367. The van der Waals surface area contributed by atoms with Crippen LogP contribution < -0.4 is 5.32 Å². The quantitative estimate of drug-likeness (QED) is 0.848. The van der Waals surface area contributed by atoms with Crippen molar-refractivity contribution in [1.29, 1.82) is 0 Å². The van der Waals surface area contributed by atoms with Gasteiger partial charge in [-0.15, -0.1) is 5.10 Å². The predicted octanol–water partition coefficient (Wildman–Crippen LogP) is 1.40. The molecule has 0 fully saturated rings. The van der Waals surface area contributed by atoms with E-state index in [-0.39, 0.29) is 0 Å². The average Bonchev–Trinajstić information content (AvgIpc) is 2.73. The van der Waals surface area contributed by atoms with Crippen LogP contribution in [0.2, 0.25) is 0 Å². The summed E-state index contributed by atoms with van der Waals surface area (Å²) in [6.45, 7) is 7.08. The molecule has 0 atom stereocenters.